The summed E-state index contributed by atoms with van der Waals surface area (Å²) in [4.78, 5) is 0. The molecule has 0 saturated carbocycles. The summed E-state index contributed by atoms with van der Waals surface area (Å²) in [6, 6.07) is 0. The highest BCUT2D eigenvalue weighted by Crippen LogP contribution is 2.17. The molecular weight excluding hydrogens is 232 g/mol. The number of allylic oxidation sites excluding steroid dienone is 2. The van der Waals surface area contributed by atoms with E-state index in [0.29, 0.717) is 6.10 Å². The van der Waals surface area contributed by atoms with E-state index in [-0.39, 0.29) is 0 Å². The van der Waals surface area contributed by atoms with Gasteiger partial charge in [0.1, 0.15) is 0 Å². The van der Waals surface area contributed by atoms with Crippen molar-refractivity contribution in [2.24, 2.45) is 0 Å². The lowest BCUT2D eigenvalue weighted by Crippen LogP contribution is -1.85. The predicted octanol–water partition coefficient (Wildman–Crippen LogP) is 6.03. The van der Waals surface area contributed by atoms with E-state index in [0.717, 1.165) is 6.61 Å². The predicted molar refractivity (Wildman–Crippen MR) is 84.6 cm³/mol. The molecule has 0 N–H and O–H groups in total. The molecule has 1 aliphatic rings. The summed E-state index contributed by atoms with van der Waals surface area (Å²) in [6.07, 6.45) is 23.3. The van der Waals surface area contributed by atoms with Gasteiger partial charge in [-0.1, -0.05) is 70.4 Å². The second-order valence-corrected chi connectivity index (χ2v) is 5.97. The Morgan fingerprint density at radius 3 is 1.89 bits per heavy atom. The normalized spacial score (nSPS) is 18.3. The second-order valence-electron chi connectivity index (χ2n) is 5.97. The van der Waals surface area contributed by atoms with Gasteiger partial charge in [-0.05, 0) is 32.1 Å². The van der Waals surface area contributed by atoms with Crippen molar-refractivity contribution >= 4 is 0 Å². The van der Waals surface area contributed by atoms with E-state index in [4.69, 9.17) is 4.74 Å². The SMILES string of the molecule is CCCCCCCC/C=C/CCCCCCC1CO1. The number of epoxide rings is 1. The maximum Gasteiger partial charge on any atom is 0.0810 e. The highest BCUT2D eigenvalue weighted by molar-refractivity contribution is 4.81. The third-order valence-electron chi connectivity index (χ3n) is 3.94. The summed E-state index contributed by atoms with van der Waals surface area (Å²) in [5.41, 5.74) is 0. The second kappa shape index (κ2) is 12.7. The number of hydrogen-bond acceptors (Lipinski definition) is 1. The zero-order valence-corrected chi connectivity index (χ0v) is 13.0. The molecule has 1 rings (SSSR count). The molecule has 19 heavy (non-hydrogen) atoms. The Morgan fingerprint density at radius 2 is 1.32 bits per heavy atom. The summed E-state index contributed by atoms with van der Waals surface area (Å²) in [5, 5.41) is 0. The molecule has 0 aromatic carbocycles. The first kappa shape index (κ1) is 16.8. The average molecular weight is 266 g/mol. The van der Waals surface area contributed by atoms with Crippen molar-refractivity contribution in [3.63, 3.8) is 0 Å². The van der Waals surface area contributed by atoms with Crippen LogP contribution < -0.4 is 0 Å². The molecule has 1 heterocycles. The molecule has 112 valence electrons. The fourth-order valence-electron chi connectivity index (χ4n) is 2.50. The summed E-state index contributed by atoms with van der Waals surface area (Å²) in [6.45, 7) is 3.31. The molecule has 0 aliphatic carbocycles. The third kappa shape index (κ3) is 12.5. The molecule has 0 bridgehead atoms. The van der Waals surface area contributed by atoms with Gasteiger partial charge in [-0.2, -0.15) is 0 Å². The van der Waals surface area contributed by atoms with Crippen molar-refractivity contribution < 1.29 is 4.74 Å². The van der Waals surface area contributed by atoms with E-state index >= 15 is 0 Å². The van der Waals surface area contributed by atoms with E-state index in [2.05, 4.69) is 19.1 Å². The first-order valence-corrected chi connectivity index (χ1v) is 8.70. The van der Waals surface area contributed by atoms with Gasteiger partial charge < -0.3 is 4.74 Å². The van der Waals surface area contributed by atoms with Crippen LogP contribution in [0.25, 0.3) is 0 Å². The van der Waals surface area contributed by atoms with Gasteiger partial charge in [-0.15, -0.1) is 0 Å². The summed E-state index contributed by atoms with van der Waals surface area (Å²) in [7, 11) is 0. The number of hydrogen-bond donors (Lipinski definition) is 0. The standard InChI is InChI=1S/C18H34O/c1-2-3-4-5-6-7-8-9-10-11-12-13-14-15-16-18-17-19-18/h9-10,18H,2-8,11-17H2,1H3/b10-9+. The van der Waals surface area contributed by atoms with Crippen LogP contribution in [0.1, 0.15) is 90.4 Å². The fraction of sp³-hybridized carbons (Fsp3) is 0.889. The summed E-state index contributed by atoms with van der Waals surface area (Å²) in [5.74, 6) is 0. The van der Waals surface area contributed by atoms with Gasteiger partial charge in [-0.3, -0.25) is 0 Å². The molecule has 0 aromatic rings. The largest absolute Gasteiger partial charge is 0.373 e. The molecule has 1 heteroatoms. The lowest BCUT2D eigenvalue weighted by Gasteiger charge is -1.98. The van der Waals surface area contributed by atoms with Crippen LogP contribution in [0.5, 0.6) is 0 Å². The van der Waals surface area contributed by atoms with E-state index in [1.54, 1.807) is 0 Å². The molecular formula is C18H34O. The average Bonchev–Trinajstić information content (AvgIpc) is 3.23. The Balaban J connectivity index is 1.67. The van der Waals surface area contributed by atoms with Gasteiger partial charge in [0.2, 0.25) is 0 Å². The monoisotopic (exact) mass is 266 g/mol. The first-order chi connectivity index (χ1) is 9.43. The van der Waals surface area contributed by atoms with Crippen molar-refractivity contribution in [1.82, 2.24) is 0 Å². The van der Waals surface area contributed by atoms with Gasteiger partial charge in [0, 0.05) is 0 Å². The zero-order valence-electron chi connectivity index (χ0n) is 13.0. The van der Waals surface area contributed by atoms with E-state index in [1.165, 1.54) is 83.5 Å². The topological polar surface area (TPSA) is 12.5 Å². The Kier molecular flexibility index (Phi) is 11.2. The van der Waals surface area contributed by atoms with Gasteiger partial charge in [-0.25, -0.2) is 0 Å². The molecule has 0 amide bonds. The van der Waals surface area contributed by atoms with Crippen LogP contribution in [0.2, 0.25) is 0 Å². The van der Waals surface area contributed by atoms with Gasteiger partial charge in [0.05, 0.1) is 12.7 Å². The quantitative estimate of drug-likeness (QED) is 0.212. The van der Waals surface area contributed by atoms with Crippen LogP contribution in [0.4, 0.5) is 0 Å². The maximum atomic E-state index is 5.21. The molecule has 1 nitrogen and oxygen atoms in total. The Bertz CT molecular complexity index is 206. The Morgan fingerprint density at radius 1 is 0.789 bits per heavy atom. The van der Waals surface area contributed by atoms with E-state index in [1.807, 2.05) is 0 Å². The van der Waals surface area contributed by atoms with E-state index < -0.39 is 0 Å². The van der Waals surface area contributed by atoms with Crippen LogP contribution in [0, 0.1) is 0 Å². The Hall–Kier alpha value is -0.300. The fourth-order valence-corrected chi connectivity index (χ4v) is 2.50. The molecule has 1 aliphatic heterocycles. The van der Waals surface area contributed by atoms with Crippen LogP contribution in [-0.2, 0) is 4.74 Å². The lowest BCUT2D eigenvalue weighted by molar-refractivity contribution is 0.388. The summed E-state index contributed by atoms with van der Waals surface area (Å²) < 4.78 is 5.21. The smallest absolute Gasteiger partial charge is 0.0810 e. The summed E-state index contributed by atoms with van der Waals surface area (Å²) >= 11 is 0. The van der Waals surface area contributed by atoms with Crippen molar-refractivity contribution in [2.75, 3.05) is 6.61 Å². The molecule has 0 spiro atoms. The van der Waals surface area contributed by atoms with Gasteiger partial charge >= 0.3 is 0 Å². The van der Waals surface area contributed by atoms with Crippen LogP contribution in [0.15, 0.2) is 12.2 Å². The molecule has 1 saturated heterocycles. The number of ether oxygens (including phenoxy) is 1. The lowest BCUT2D eigenvalue weighted by atomic mass is 10.1. The Labute approximate surface area is 120 Å². The highest BCUT2D eigenvalue weighted by Gasteiger charge is 2.20. The highest BCUT2D eigenvalue weighted by atomic mass is 16.6. The van der Waals surface area contributed by atoms with Gasteiger partial charge in [0.15, 0.2) is 0 Å². The maximum absolute atomic E-state index is 5.21. The zero-order chi connectivity index (χ0) is 13.6. The van der Waals surface area contributed by atoms with Crippen molar-refractivity contribution in [1.29, 1.82) is 0 Å². The molecule has 1 unspecified atom stereocenters. The molecule has 0 radical (unpaired) electrons. The van der Waals surface area contributed by atoms with E-state index in [9.17, 15) is 0 Å². The van der Waals surface area contributed by atoms with Crippen LogP contribution >= 0.6 is 0 Å². The molecule has 1 fully saturated rings. The van der Waals surface area contributed by atoms with Crippen LogP contribution in [-0.4, -0.2) is 12.7 Å². The number of rotatable bonds is 14. The molecule has 0 aromatic heterocycles. The molecule has 1 atom stereocenters. The van der Waals surface area contributed by atoms with Crippen molar-refractivity contribution in [3.8, 4) is 0 Å². The van der Waals surface area contributed by atoms with Gasteiger partial charge in [0.25, 0.3) is 0 Å². The van der Waals surface area contributed by atoms with Crippen LogP contribution in [0.3, 0.4) is 0 Å². The minimum Gasteiger partial charge on any atom is -0.373 e. The number of unbranched alkanes of at least 4 members (excludes halogenated alkanes) is 10. The first-order valence-electron chi connectivity index (χ1n) is 8.70. The minimum absolute atomic E-state index is 0.636. The van der Waals surface area contributed by atoms with Crippen molar-refractivity contribution in [3.05, 3.63) is 12.2 Å². The third-order valence-corrected chi connectivity index (χ3v) is 3.94. The minimum atomic E-state index is 0.636. The van der Waals surface area contributed by atoms with Crippen molar-refractivity contribution in [2.45, 2.75) is 96.5 Å².